The van der Waals surface area contributed by atoms with E-state index in [1.165, 1.54) is 24.3 Å². The van der Waals surface area contributed by atoms with Crippen molar-refractivity contribution in [3.05, 3.63) is 30.3 Å². The Morgan fingerprint density at radius 3 is 1.92 bits per heavy atom. The summed E-state index contributed by atoms with van der Waals surface area (Å²) in [5, 5.41) is 2.24. The van der Waals surface area contributed by atoms with Gasteiger partial charge in [0.25, 0.3) is 10.0 Å². The maximum Gasteiger partial charge on any atom is 0.329 e. The van der Waals surface area contributed by atoms with Gasteiger partial charge in [-0.25, -0.2) is 17.9 Å². The molecule has 1 aliphatic rings. The minimum absolute atomic E-state index is 0.215. The van der Waals surface area contributed by atoms with Crippen molar-refractivity contribution in [3.8, 4) is 0 Å². The van der Waals surface area contributed by atoms with E-state index in [9.17, 15) is 32.4 Å². The number of ether oxygens (including phenoxy) is 5. The van der Waals surface area contributed by atoms with Crippen molar-refractivity contribution in [2.45, 2.75) is 63.2 Å². The fourth-order valence-electron chi connectivity index (χ4n) is 3.28. The fourth-order valence-corrected chi connectivity index (χ4v) is 4.22. The standard InChI is InChI=1S/C21H26N2O12S/c1-11(24)31-10-16-18(32-12(2)25)19(33-13(3)26)17(20(35-16)34-14(4)27)22-21(28)23-36(29,30)15-8-6-5-7-9-15/h5-9,16-20H,10H2,1-4H3,(H2,22,23,28)/t16-,17-,18-,19-,20?/m1/s1. The lowest BCUT2D eigenvalue weighted by atomic mass is 9.96. The minimum Gasteiger partial charge on any atom is -0.463 e. The van der Waals surface area contributed by atoms with Gasteiger partial charge in [0.1, 0.15) is 18.8 Å². The Labute approximate surface area is 206 Å². The molecule has 1 fully saturated rings. The summed E-state index contributed by atoms with van der Waals surface area (Å²) in [5.74, 6) is -3.30. The molecule has 36 heavy (non-hydrogen) atoms. The third-order valence-electron chi connectivity index (χ3n) is 4.56. The van der Waals surface area contributed by atoms with E-state index in [0.29, 0.717) is 0 Å². The molecule has 0 radical (unpaired) electrons. The van der Waals surface area contributed by atoms with Crippen LogP contribution in [0.2, 0.25) is 0 Å². The van der Waals surface area contributed by atoms with E-state index in [2.05, 4.69) is 5.32 Å². The molecule has 198 valence electrons. The number of hydrogen-bond acceptors (Lipinski definition) is 12. The van der Waals surface area contributed by atoms with Crippen LogP contribution in [-0.4, -0.2) is 75.6 Å². The van der Waals surface area contributed by atoms with Crippen LogP contribution in [0, 0.1) is 0 Å². The average Bonchev–Trinajstić information content (AvgIpc) is 2.75. The van der Waals surface area contributed by atoms with E-state index in [4.69, 9.17) is 23.7 Å². The molecule has 1 heterocycles. The SMILES string of the molecule is CC(=O)OC[C@H]1OC(OC(C)=O)[C@H](NC(=O)NS(=O)(=O)c2ccccc2)[C@@H](OC(C)=O)[C@@H]1OC(C)=O. The average molecular weight is 531 g/mol. The topological polar surface area (TPSA) is 190 Å². The highest BCUT2D eigenvalue weighted by Crippen LogP contribution is 2.28. The predicted octanol–water partition coefficient (Wildman–Crippen LogP) is -0.242. The van der Waals surface area contributed by atoms with Crippen molar-refractivity contribution in [3.63, 3.8) is 0 Å². The van der Waals surface area contributed by atoms with Crippen LogP contribution in [0.25, 0.3) is 0 Å². The largest absolute Gasteiger partial charge is 0.463 e. The number of hydrogen-bond donors (Lipinski definition) is 2. The van der Waals surface area contributed by atoms with E-state index in [0.717, 1.165) is 27.7 Å². The molecule has 5 atom stereocenters. The smallest absolute Gasteiger partial charge is 0.329 e. The van der Waals surface area contributed by atoms with Gasteiger partial charge in [-0.3, -0.25) is 19.2 Å². The molecule has 0 aliphatic carbocycles. The maximum atomic E-state index is 12.7. The first-order chi connectivity index (χ1) is 16.8. The number of urea groups is 1. The molecule has 0 saturated carbocycles. The molecule has 1 aliphatic heterocycles. The van der Waals surface area contributed by atoms with Crippen LogP contribution in [0.3, 0.4) is 0 Å². The molecule has 0 aromatic heterocycles. The van der Waals surface area contributed by atoms with Gasteiger partial charge >= 0.3 is 29.9 Å². The zero-order valence-corrected chi connectivity index (χ0v) is 20.6. The lowest BCUT2D eigenvalue weighted by Gasteiger charge is -2.44. The molecular formula is C21H26N2O12S. The zero-order valence-electron chi connectivity index (χ0n) is 19.8. The van der Waals surface area contributed by atoms with Crippen LogP contribution >= 0.6 is 0 Å². The van der Waals surface area contributed by atoms with Crippen molar-refractivity contribution in [1.82, 2.24) is 10.0 Å². The molecule has 14 nitrogen and oxygen atoms in total. The fraction of sp³-hybridized carbons (Fsp3) is 0.476. The summed E-state index contributed by atoms with van der Waals surface area (Å²) in [7, 11) is -4.31. The summed E-state index contributed by atoms with van der Waals surface area (Å²) in [5.41, 5.74) is 0. The molecule has 1 saturated heterocycles. The van der Waals surface area contributed by atoms with Gasteiger partial charge in [-0.15, -0.1) is 0 Å². The molecule has 2 rings (SSSR count). The summed E-state index contributed by atoms with van der Waals surface area (Å²) in [6.45, 7) is 3.72. The van der Waals surface area contributed by atoms with Gasteiger partial charge in [0.05, 0.1) is 4.90 Å². The highest BCUT2D eigenvalue weighted by molar-refractivity contribution is 7.90. The number of benzene rings is 1. The molecule has 0 bridgehead atoms. The van der Waals surface area contributed by atoms with E-state index >= 15 is 0 Å². The molecule has 15 heteroatoms. The Bertz CT molecular complexity index is 1090. The lowest BCUT2D eigenvalue weighted by Crippen LogP contribution is -2.67. The minimum atomic E-state index is -4.31. The number of esters is 4. The second-order valence-corrected chi connectivity index (χ2v) is 9.20. The third kappa shape index (κ3) is 8.20. The van der Waals surface area contributed by atoms with Crippen LogP contribution in [0.4, 0.5) is 4.79 Å². The van der Waals surface area contributed by atoms with Gasteiger partial charge in [0.2, 0.25) is 6.29 Å². The monoisotopic (exact) mass is 530 g/mol. The molecule has 2 amide bonds. The Kier molecular flexibility index (Phi) is 9.75. The summed E-state index contributed by atoms with van der Waals surface area (Å²) in [4.78, 5) is 59.1. The van der Waals surface area contributed by atoms with Crippen LogP contribution in [0.1, 0.15) is 27.7 Å². The van der Waals surface area contributed by atoms with Gasteiger partial charge in [-0.05, 0) is 12.1 Å². The van der Waals surface area contributed by atoms with E-state index in [1.54, 1.807) is 10.8 Å². The number of carbonyl (C=O) groups excluding carboxylic acids is 5. The van der Waals surface area contributed by atoms with Gasteiger partial charge in [0, 0.05) is 27.7 Å². The normalized spacial score (nSPS) is 23.5. The summed E-state index contributed by atoms with van der Waals surface area (Å²) >= 11 is 0. The highest BCUT2D eigenvalue weighted by atomic mass is 32.2. The number of carbonyl (C=O) groups is 5. The van der Waals surface area contributed by atoms with E-state index in [-0.39, 0.29) is 4.90 Å². The Morgan fingerprint density at radius 1 is 0.833 bits per heavy atom. The first kappa shape index (κ1) is 28.5. The second-order valence-electron chi connectivity index (χ2n) is 7.52. The molecule has 1 aromatic rings. The number of sulfonamides is 1. The quantitative estimate of drug-likeness (QED) is 0.332. The molecule has 1 unspecified atom stereocenters. The van der Waals surface area contributed by atoms with Gasteiger partial charge in [0.15, 0.2) is 12.2 Å². The highest BCUT2D eigenvalue weighted by Gasteiger charge is 2.52. The van der Waals surface area contributed by atoms with Crippen LogP contribution in [0.5, 0.6) is 0 Å². The van der Waals surface area contributed by atoms with Gasteiger partial charge < -0.3 is 29.0 Å². The Hall–Kier alpha value is -3.72. The predicted molar refractivity (Wildman–Crippen MR) is 117 cm³/mol. The molecular weight excluding hydrogens is 504 g/mol. The van der Waals surface area contributed by atoms with Crippen molar-refractivity contribution in [2.75, 3.05) is 6.61 Å². The van der Waals surface area contributed by atoms with Crippen LogP contribution < -0.4 is 10.0 Å². The second kappa shape index (κ2) is 12.3. The number of nitrogens with one attached hydrogen (secondary N) is 2. The molecule has 0 spiro atoms. The van der Waals surface area contributed by atoms with Crippen LogP contribution in [-0.2, 0) is 52.9 Å². The molecule has 1 aromatic carbocycles. The van der Waals surface area contributed by atoms with Crippen LogP contribution in [0.15, 0.2) is 35.2 Å². The number of amides is 2. The first-order valence-electron chi connectivity index (χ1n) is 10.5. The van der Waals surface area contributed by atoms with E-state index < -0.39 is 77.2 Å². The zero-order chi connectivity index (χ0) is 27.0. The number of rotatable bonds is 8. The Morgan fingerprint density at radius 2 is 1.39 bits per heavy atom. The van der Waals surface area contributed by atoms with Crippen molar-refractivity contribution < 1.29 is 56.1 Å². The maximum absolute atomic E-state index is 12.7. The van der Waals surface area contributed by atoms with E-state index in [1.807, 2.05) is 0 Å². The Balaban J connectivity index is 2.41. The van der Waals surface area contributed by atoms with Crippen molar-refractivity contribution >= 4 is 39.9 Å². The van der Waals surface area contributed by atoms with Crippen molar-refractivity contribution in [2.24, 2.45) is 0 Å². The summed E-state index contributed by atoms with van der Waals surface area (Å²) in [6.07, 6.45) is -5.95. The third-order valence-corrected chi connectivity index (χ3v) is 5.91. The summed E-state index contributed by atoms with van der Waals surface area (Å²) < 4.78 is 52.9. The lowest BCUT2D eigenvalue weighted by molar-refractivity contribution is -0.270. The van der Waals surface area contributed by atoms with Crippen molar-refractivity contribution in [1.29, 1.82) is 0 Å². The van der Waals surface area contributed by atoms with Gasteiger partial charge in [-0.1, -0.05) is 18.2 Å². The first-order valence-corrected chi connectivity index (χ1v) is 12.0. The summed E-state index contributed by atoms with van der Waals surface area (Å²) in [6, 6.07) is 4.12. The molecule has 2 N–H and O–H groups in total. The van der Waals surface area contributed by atoms with Gasteiger partial charge in [-0.2, -0.15) is 0 Å².